The van der Waals surface area contributed by atoms with E-state index in [1.165, 1.54) is 29.1 Å². The van der Waals surface area contributed by atoms with E-state index in [0.29, 0.717) is 5.52 Å². The van der Waals surface area contributed by atoms with Gasteiger partial charge in [-0.05, 0) is 6.07 Å². The third kappa shape index (κ3) is 1.42. The number of nitrogens with zero attached hydrogens (tertiary/aromatic N) is 2. The number of esters is 1. The van der Waals surface area contributed by atoms with Gasteiger partial charge < -0.3 is 9.30 Å². The quantitative estimate of drug-likeness (QED) is 0.672. The molecular weight excluding hydrogens is 216 g/mol. The van der Waals surface area contributed by atoms with Crippen molar-refractivity contribution in [2.24, 2.45) is 7.05 Å². The number of aryl methyl sites for hydroxylation is 1. The Hall–Kier alpha value is -1.69. The molecule has 0 aliphatic heterocycles. The van der Waals surface area contributed by atoms with E-state index in [0.717, 1.165) is 4.83 Å². The van der Waals surface area contributed by atoms with Gasteiger partial charge in [-0.2, -0.15) is 0 Å². The second kappa shape index (κ2) is 3.47. The van der Waals surface area contributed by atoms with Crippen LogP contribution in [0, 0.1) is 0 Å². The van der Waals surface area contributed by atoms with Gasteiger partial charge in [0.15, 0.2) is 0 Å². The summed E-state index contributed by atoms with van der Waals surface area (Å²) in [5, 5.41) is 0. The van der Waals surface area contributed by atoms with Gasteiger partial charge in [0.1, 0.15) is 10.4 Å². The molecule has 0 amide bonds. The number of pyridine rings is 1. The number of rotatable bonds is 1. The second-order valence-electron chi connectivity index (χ2n) is 2.96. The summed E-state index contributed by atoms with van der Waals surface area (Å²) in [4.78, 5) is 27.8. The van der Waals surface area contributed by atoms with Gasteiger partial charge in [0, 0.05) is 7.05 Å². The van der Waals surface area contributed by atoms with Gasteiger partial charge in [-0.1, -0.05) is 0 Å². The summed E-state index contributed by atoms with van der Waals surface area (Å²) in [5.41, 5.74) is 1.91. The van der Waals surface area contributed by atoms with Crippen LogP contribution >= 0.6 is 11.3 Å². The number of hydrogen-bond donors (Lipinski definition) is 0. The van der Waals surface area contributed by atoms with Gasteiger partial charge in [0.2, 0.25) is 0 Å². The average Bonchev–Trinajstić information content (AvgIpc) is 2.70. The fourth-order valence-electron chi connectivity index (χ4n) is 1.33. The highest BCUT2D eigenvalue weighted by Crippen LogP contribution is 2.15. The first kappa shape index (κ1) is 9.85. The van der Waals surface area contributed by atoms with Crippen molar-refractivity contribution in [3.05, 3.63) is 27.5 Å². The van der Waals surface area contributed by atoms with Crippen molar-refractivity contribution >= 4 is 27.7 Å². The summed E-state index contributed by atoms with van der Waals surface area (Å²) < 4.78 is 5.92. The van der Waals surface area contributed by atoms with Crippen LogP contribution < -0.4 is 5.56 Å². The number of carbonyl (C=O) groups excluding carboxylic acids is 1. The van der Waals surface area contributed by atoms with Gasteiger partial charge in [-0.3, -0.25) is 4.79 Å². The number of methoxy groups -OCH3 is 1. The predicted octanol–water partition coefficient (Wildman–Crippen LogP) is 0.782. The molecule has 2 aromatic rings. The molecule has 2 aromatic heterocycles. The zero-order valence-corrected chi connectivity index (χ0v) is 9.00. The van der Waals surface area contributed by atoms with Crippen molar-refractivity contribution in [2.75, 3.05) is 7.11 Å². The molecule has 5 nitrogen and oxygen atoms in total. The number of hydrogen-bond acceptors (Lipinski definition) is 5. The Kier molecular flexibility index (Phi) is 2.28. The van der Waals surface area contributed by atoms with Crippen LogP contribution in [0.25, 0.3) is 10.3 Å². The van der Waals surface area contributed by atoms with E-state index < -0.39 is 5.97 Å². The number of carbonyl (C=O) groups is 1. The Morgan fingerprint density at radius 1 is 1.60 bits per heavy atom. The van der Waals surface area contributed by atoms with Crippen LogP contribution in [0.1, 0.15) is 10.4 Å². The third-order valence-corrected chi connectivity index (χ3v) is 3.02. The molecule has 0 spiro atoms. The van der Waals surface area contributed by atoms with Crippen LogP contribution in [0.2, 0.25) is 0 Å². The number of thiazole rings is 1. The molecule has 2 rings (SSSR count). The van der Waals surface area contributed by atoms with Crippen LogP contribution in [0.3, 0.4) is 0 Å². The van der Waals surface area contributed by atoms with Crippen LogP contribution in [-0.2, 0) is 11.8 Å². The van der Waals surface area contributed by atoms with Crippen LogP contribution in [0.4, 0.5) is 0 Å². The first-order valence-corrected chi connectivity index (χ1v) is 5.04. The Morgan fingerprint density at radius 2 is 2.33 bits per heavy atom. The van der Waals surface area contributed by atoms with Gasteiger partial charge in [0.25, 0.3) is 5.56 Å². The summed E-state index contributed by atoms with van der Waals surface area (Å²) in [6.07, 6.45) is 0. The summed E-state index contributed by atoms with van der Waals surface area (Å²) >= 11 is 1.36. The molecule has 0 atom stereocenters. The number of aromatic nitrogens is 2. The maximum absolute atomic E-state index is 11.7. The van der Waals surface area contributed by atoms with E-state index in [1.807, 2.05) is 0 Å². The molecule has 0 fully saturated rings. The smallest absolute Gasteiger partial charge is 0.343 e. The molecule has 0 aliphatic carbocycles. The maximum atomic E-state index is 11.7. The molecule has 6 heteroatoms. The molecule has 2 heterocycles. The molecule has 0 saturated carbocycles. The molecule has 0 aromatic carbocycles. The third-order valence-electron chi connectivity index (χ3n) is 2.10. The van der Waals surface area contributed by atoms with E-state index in [9.17, 15) is 9.59 Å². The highest BCUT2D eigenvalue weighted by Gasteiger charge is 2.15. The largest absolute Gasteiger partial charge is 0.465 e. The molecule has 78 valence electrons. The summed E-state index contributed by atoms with van der Waals surface area (Å²) in [6.45, 7) is 0. The monoisotopic (exact) mass is 224 g/mol. The van der Waals surface area contributed by atoms with Crippen LogP contribution in [0.15, 0.2) is 16.4 Å². The summed E-state index contributed by atoms with van der Waals surface area (Å²) in [6, 6.07) is 1.46. The average molecular weight is 224 g/mol. The fraction of sp³-hybridized carbons (Fsp3) is 0.222. The SMILES string of the molecule is COC(=O)c1cc2ncsc2n(C)c1=O. The molecular formula is C9H8N2O3S. The minimum Gasteiger partial charge on any atom is -0.465 e. The van der Waals surface area contributed by atoms with Crippen molar-refractivity contribution in [1.29, 1.82) is 0 Å². The Labute approximate surface area is 88.9 Å². The number of fused-ring (bicyclic) bond motifs is 1. The van der Waals surface area contributed by atoms with Crippen molar-refractivity contribution < 1.29 is 9.53 Å². The molecule has 0 unspecified atom stereocenters. The minimum absolute atomic E-state index is 0.0124. The van der Waals surface area contributed by atoms with E-state index in [-0.39, 0.29) is 11.1 Å². The van der Waals surface area contributed by atoms with Gasteiger partial charge >= 0.3 is 5.97 Å². The predicted molar refractivity (Wildman–Crippen MR) is 56.2 cm³/mol. The van der Waals surface area contributed by atoms with E-state index >= 15 is 0 Å². The molecule has 0 radical (unpaired) electrons. The molecule has 0 bridgehead atoms. The van der Waals surface area contributed by atoms with Crippen molar-refractivity contribution in [3.8, 4) is 0 Å². The van der Waals surface area contributed by atoms with E-state index in [4.69, 9.17) is 0 Å². The maximum Gasteiger partial charge on any atom is 0.343 e. The van der Waals surface area contributed by atoms with Crippen LogP contribution in [0.5, 0.6) is 0 Å². The highest BCUT2D eigenvalue weighted by molar-refractivity contribution is 7.16. The Bertz CT molecular complexity index is 585. The van der Waals surface area contributed by atoms with E-state index in [1.54, 1.807) is 12.6 Å². The van der Waals surface area contributed by atoms with Gasteiger partial charge in [-0.15, -0.1) is 11.3 Å². The lowest BCUT2D eigenvalue weighted by atomic mass is 10.2. The van der Waals surface area contributed by atoms with E-state index in [2.05, 4.69) is 9.72 Å². The second-order valence-corrected chi connectivity index (χ2v) is 3.79. The molecule has 0 aliphatic rings. The lowest BCUT2D eigenvalue weighted by Crippen LogP contribution is -2.24. The van der Waals surface area contributed by atoms with Crippen molar-refractivity contribution in [2.45, 2.75) is 0 Å². The lowest BCUT2D eigenvalue weighted by Gasteiger charge is -2.02. The standard InChI is InChI=1S/C9H8N2O3S/c1-11-7(12)5(9(13)14-2)3-6-8(11)15-4-10-6/h3-4H,1-2H3. The zero-order chi connectivity index (χ0) is 11.0. The van der Waals surface area contributed by atoms with Gasteiger partial charge in [0.05, 0.1) is 18.1 Å². The van der Waals surface area contributed by atoms with Gasteiger partial charge in [-0.25, -0.2) is 9.78 Å². The Balaban J connectivity index is 2.82. The normalized spacial score (nSPS) is 10.5. The first-order chi connectivity index (χ1) is 7.15. The van der Waals surface area contributed by atoms with Crippen LogP contribution in [-0.4, -0.2) is 22.6 Å². The van der Waals surface area contributed by atoms with Crippen molar-refractivity contribution in [1.82, 2.24) is 9.55 Å². The topological polar surface area (TPSA) is 61.2 Å². The van der Waals surface area contributed by atoms with Crippen molar-refractivity contribution in [3.63, 3.8) is 0 Å². The number of ether oxygens (including phenoxy) is 1. The fourth-order valence-corrected chi connectivity index (χ4v) is 2.07. The zero-order valence-electron chi connectivity index (χ0n) is 8.18. The summed E-state index contributed by atoms with van der Waals surface area (Å²) in [5.74, 6) is -0.634. The lowest BCUT2D eigenvalue weighted by molar-refractivity contribution is 0.0598. The molecule has 15 heavy (non-hydrogen) atoms. The summed E-state index contributed by atoms with van der Waals surface area (Å²) in [7, 11) is 2.85. The highest BCUT2D eigenvalue weighted by atomic mass is 32.1. The minimum atomic E-state index is -0.634. The Morgan fingerprint density at radius 3 is 3.00 bits per heavy atom. The molecule has 0 N–H and O–H groups in total. The molecule has 0 saturated heterocycles. The first-order valence-electron chi connectivity index (χ1n) is 4.16.